The van der Waals surface area contributed by atoms with Gasteiger partial charge in [0.1, 0.15) is 17.5 Å². The molecule has 2 heterocycles. The van der Waals surface area contributed by atoms with Crippen molar-refractivity contribution in [2.45, 2.75) is 5.16 Å². The molecule has 0 spiro atoms. The van der Waals surface area contributed by atoms with Crippen molar-refractivity contribution in [2.75, 3.05) is 48.3 Å². The number of carbonyl (C=O) groups excluding carboxylic acids is 1. The molecule has 132 valence electrons. The molecule has 1 aromatic heterocycles. The highest BCUT2D eigenvalue weighted by molar-refractivity contribution is 7.99. The van der Waals surface area contributed by atoms with Gasteiger partial charge in [0.15, 0.2) is 5.16 Å². The average Bonchev–Trinajstić information content (AvgIpc) is 2.60. The maximum Gasteiger partial charge on any atom is 0.233 e. The van der Waals surface area contributed by atoms with E-state index in [-0.39, 0.29) is 29.1 Å². The minimum absolute atomic E-state index is 0.0216. The zero-order valence-corrected chi connectivity index (χ0v) is 14.4. The number of piperazine rings is 1. The quantitative estimate of drug-likeness (QED) is 0.623. The molecule has 1 amide bonds. The maximum absolute atomic E-state index is 13.0. The Balaban J connectivity index is 1.50. The van der Waals surface area contributed by atoms with Crippen molar-refractivity contribution >= 4 is 35.0 Å². The first-order valence-electron chi connectivity index (χ1n) is 7.82. The Kier molecular flexibility index (Phi) is 5.22. The lowest BCUT2D eigenvalue weighted by Gasteiger charge is -2.36. The van der Waals surface area contributed by atoms with Gasteiger partial charge in [0.2, 0.25) is 5.91 Å². The lowest BCUT2D eigenvalue weighted by Crippen LogP contribution is -2.49. The summed E-state index contributed by atoms with van der Waals surface area (Å²) in [5.74, 6) is 0.581. The summed E-state index contributed by atoms with van der Waals surface area (Å²) in [6.07, 6.45) is 0. The van der Waals surface area contributed by atoms with Crippen LogP contribution < -0.4 is 16.4 Å². The van der Waals surface area contributed by atoms with Gasteiger partial charge >= 0.3 is 0 Å². The molecule has 1 aliphatic rings. The number of nitrogens with two attached hydrogens (primary N) is 2. The van der Waals surface area contributed by atoms with E-state index in [1.54, 1.807) is 12.1 Å². The summed E-state index contributed by atoms with van der Waals surface area (Å²) < 4.78 is 13.0. The van der Waals surface area contributed by atoms with Crippen LogP contribution in [0.25, 0.3) is 0 Å². The number of carbonyl (C=O) groups is 1. The Labute approximate surface area is 149 Å². The molecule has 7 nitrogen and oxygen atoms in total. The van der Waals surface area contributed by atoms with E-state index in [0.717, 1.165) is 5.69 Å². The normalized spacial score (nSPS) is 14.6. The van der Waals surface area contributed by atoms with E-state index < -0.39 is 0 Å². The van der Waals surface area contributed by atoms with Crippen LogP contribution in [0.1, 0.15) is 0 Å². The minimum Gasteiger partial charge on any atom is -0.383 e. The first-order valence-corrected chi connectivity index (χ1v) is 8.81. The fraction of sp³-hybridized carbons (Fsp3) is 0.312. The predicted molar refractivity (Wildman–Crippen MR) is 96.8 cm³/mol. The van der Waals surface area contributed by atoms with Gasteiger partial charge in [-0.3, -0.25) is 4.79 Å². The van der Waals surface area contributed by atoms with Crippen molar-refractivity contribution in [1.29, 1.82) is 0 Å². The molecule has 25 heavy (non-hydrogen) atoms. The highest BCUT2D eigenvalue weighted by Gasteiger charge is 2.21. The SMILES string of the molecule is Nc1cc(N)nc(SCC(=O)N2CCN(c3ccc(F)cc3)CC2)n1. The van der Waals surface area contributed by atoms with Crippen molar-refractivity contribution < 1.29 is 9.18 Å². The van der Waals surface area contributed by atoms with Gasteiger partial charge < -0.3 is 21.3 Å². The number of amides is 1. The summed E-state index contributed by atoms with van der Waals surface area (Å²) in [7, 11) is 0. The Bertz CT molecular complexity index is 729. The highest BCUT2D eigenvalue weighted by Crippen LogP contribution is 2.19. The van der Waals surface area contributed by atoms with Crippen molar-refractivity contribution in [3.63, 3.8) is 0 Å². The summed E-state index contributed by atoms with van der Waals surface area (Å²) in [6, 6.07) is 7.87. The number of nitrogens with zero attached hydrogens (tertiary/aromatic N) is 4. The van der Waals surface area contributed by atoms with E-state index in [1.165, 1.54) is 30.0 Å². The topological polar surface area (TPSA) is 101 Å². The summed E-state index contributed by atoms with van der Waals surface area (Å²) in [6.45, 7) is 2.67. The molecule has 4 N–H and O–H groups in total. The average molecular weight is 362 g/mol. The van der Waals surface area contributed by atoms with Crippen molar-refractivity contribution in [3.05, 3.63) is 36.1 Å². The van der Waals surface area contributed by atoms with Crippen LogP contribution in [0.2, 0.25) is 0 Å². The molecule has 0 aliphatic carbocycles. The van der Waals surface area contributed by atoms with E-state index in [1.807, 2.05) is 4.90 Å². The molecule has 1 saturated heterocycles. The number of thioether (sulfide) groups is 1. The molecule has 1 fully saturated rings. The number of hydrogen-bond acceptors (Lipinski definition) is 7. The van der Waals surface area contributed by atoms with Crippen molar-refractivity contribution in [3.8, 4) is 0 Å². The van der Waals surface area contributed by atoms with Crippen molar-refractivity contribution in [2.24, 2.45) is 0 Å². The molecule has 0 saturated carbocycles. The van der Waals surface area contributed by atoms with E-state index in [9.17, 15) is 9.18 Å². The molecule has 2 aromatic rings. The fourth-order valence-corrected chi connectivity index (χ4v) is 3.39. The largest absolute Gasteiger partial charge is 0.383 e. The first kappa shape index (κ1) is 17.3. The lowest BCUT2D eigenvalue weighted by molar-refractivity contribution is -0.128. The molecule has 0 unspecified atom stereocenters. The standard InChI is InChI=1S/C16H19FN6OS/c17-11-1-3-12(4-2-11)22-5-7-23(8-6-22)15(24)10-25-16-20-13(18)9-14(19)21-16/h1-4,9H,5-8,10H2,(H4,18,19,20,21). The van der Waals surface area contributed by atoms with E-state index >= 15 is 0 Å². The number of halogens is 1. The Morgan fingerprint density at radius 1 is 1.08 bits per heavy atom. The number of hydrogen-bond donors (Lipinski definition) is 2. The van der Waals surface area contributed by atoms with E-state index in [0.29, 0.717) is 31.3 Å². The summed E-state index contributed by atoms with van der Waals surface area (Å²) in [5.41, 5.74) is 12.2. The van der Waals surface area contributed by atoms with E-state index in [4.69, 9.17) is 11.5 Å². The van der Waals surface area contributed by atoms with Gasteiger partial charge in [-0.15, -0.1) is 0 Å². The second-order valence-corrected chi connectivity index (χ2v) is 6.58. The third-order valence-electron chi connectivity index (χ3n) is 3.89. The molecule has 0 radical (unpaired) electrons. The van der Waals surface area contributed by atoms with Gasteiger partial charge in [0, 0.05) is 37.9 Å². The monoisotopic (exact) mass is 362 g/mol. The van der Waals surface area contributed by atoms with Crippen LogP contribution in [0.15, 0.2) is 35.5 Å². The lowest BCUT2D eigenvalue weighted by atomic mass is 10.2. The van der Waals surface area contributed by atoms with E-state index in [2.05, 4.69) is 14.9 Å². The number of benzene rings is 1. The second-order valence-electron chi connectivity index (χ2n) is 5.63. The maximum atomic E-state index is 13.0. The molecular weight excluding hydrogens is 343 g/mol. The molecule has 3 rings (SSSR count). The summed E-state index contributed by atoms with van der Waals surface area (Å²) >= 11 is 1.22. The van der Waals surface area contributed by atoms with Gasteiger partial charge in [-0.2, -0.15) is 0 Å². The highest BCUT2D eigenvalue weighted by atomic mass is 32.2. The van der Waals surface area contributed by atoms with Crippen LogP contribution in [-0.4, -0.2) is 52.7 Å². The second kappa shape index (κ2) is 7.56. The Morgan fingerprint density at radius 3 is 2.28 bits per heavy atom. The predicted octanol–water partition coefficient (Wildman–Crippen LogP) is 1.22. The molecule has 0 atom stereocenters. The number of nitrogen functional groups attached to an aromatic ring is 2. The van der Waals surface area contributed by atoms with Gasteiger partial charge in [-0.25, -0.2) is 14.4 Å². The zero-order valence-electron chi connectivity index (χ0n) is 13.6. The van der Waals surface area contributed by atoms with Crippen LogP contribution in [0.3, 0.4) is 0 Å². The van der Waals surface area contributed by atoms with Gasteiger partial charge in [0.25, 0.3) is 0 Å². The summed E-state index contributed by atoms with van der Waals surface area (Å²) in [5, 5.41) is 0.399. The smallest absolute Gasteiger partial charge is 0.233 e. The molecule has 9 heteroatoms. The molecular formula is C16H19FN6OS. The van der Waals surface area contributed by atoms with Gasteiger partial charge in [-0.05, 0) is 24.3 Å². The number of aromatic nitrogens is 2. The van der Waals surface area contributed by atoms with Crippen LogP contribution in [-0.2, 0) is 4.79 Å². The van der Waals surface area contributed by atoms with Gasteiger partial charge in [0.05, 0.1) is 5.75 Å². The van der Waals surface area contributed by atoms with Crippen LogP contribution >= 0.6 is 11.8 Å². The Hall–Kier alpha value is -2.55. The fourth-order valence-electron chi connectivity index (χ4n) is 2.61. The van der Waals surface area contributed by atoms with Gasteiger partial charge in [-0.1, -0.05) is 11.8 Å². The van der Waals surface area contributed by atoms with Crippen LogP contribution in [0.4, 0.5) is 21.7 Å². The number of rotatable bonds is 4. The Morgan fingerprint density at radius 2 is 1.68 bits per heavy atom. The number of anilines is 3. The zero-order chi connectivity index (χ0) is 17.8. The first-order chi connectivity index (χ1) is 12.0. The molecule has 1 aromatic carbocycles. The summed E-state index contributed by atoms with van der Waals surface area (Å²) in [4.78, 5) is 24.4. The molecule has 0 bridgehead atoms. The third-order valence-corrected chi connectivity index (χ3v) is 4.73. The van der Waals surface area contributed by atoms with Crippen molar-refractivity contribution in [1.82, 2.24) is 14.9 Å². The van der Waals surface area contributed by atoms with Crippen LogP contribution in [0, 0.1) is 5.82 Å². The van der Waals surface area contributed by atoms with Crippen LogP contribution in [0.5, 0.6) is 0 Å². The third kappa shape index (κ3) is 4.50. The molecule has 1 aliphatic heterocycles. The minimum atomic E-state index is -0.251.